The van der Waals surface area contributed by atoms with Crippen molar-refractivity contribution in [2.24, 2.45) is 7.05 Å². The molecule has 0 bridgehead atoms. The summed E-state index contributed by atoms with van der Waals surface area (Å²) in [6.45, 7) is 6.04. The molecular weight excluding hydrogens is 302 g/mol. The molecule has 0 saturated carbocycles. The van der Waals surface area contributed by atoms with E-state index in [2.05, 4.69) is 28.3 Å². The van der Waals surface area contributed by atoms with Gasteiger partial charge in [0.25, 0.3) is 0 Å². The zero-order valence-corrected chi connectivity index (χ0v) is 14.8. The molecule has 1 aromatic heterocycles. The predicted molar refractivity (Wildman–Crippen MR) is 94.2 cm³/mol. The highest BCUT2D eigenvalue weighted by molar-refractivity contribution is 5.35. The maximum Gasteiger partial charge on any atom is 0.122 e. The third-order valence-electron chi connectivity index (χ3n) is 4.69. The first-order chi connectivity index (χ1) is 11.5. The van der Waals surface area contributed by atoms with Crippen molar-refractivity contribution in [2.45, 2.75) is 38.8 Å². The number of β-amino-alcohol motifs (C(OH)–C–C–N with tert-alkyl or cyclic N) is 1. The number of aromatic nitrogens is 2. The van der Waals surface area contributed by atoms with E-state index in [0.717, 1.165) is 30.7 Å². The van der Waals surface area contributed by atoms with Crippen LogP contribution in [0.15, 0.2) is 30.6 Å². The van der Waals surface area contributed by atoms with Crippen LogP contribution in [0.4, 0.5) is 0 Å². The second-order valence-corrected chi connectivity index (χ2v) is 6.83. The van der Waals surface area contributed by atoms with Crippen molar-refractivity contribution in [1.29, 1.82) is 0 Å². The molecule has 5 nitrogen and oxygen atoms in total. The molecule has 2 aromatic rings. The van der Waals surface area contributed by atoms with Crippen LogP contribution < -0.4 is 4.74 Å². The average molecular weight is 329 g/mol. The van der Waals surface area contributed by atoms with Gasteiger partial charge in [-0.3, -0.25) is 9.58 Å². The quantitative estimate of drug-likeness (QED) is 0.885. The zero-order valence-electron chi connectivity index (χ0n) is 14.8. The highest BCUT2D eigenvalue weighted by atomic mass is 16.5. The highest BCUT2D eigenvalue weighted by Crippen LogP contribution is 2.31. The normalized spacial score (nSPS) is 19.6. The first-order valence-electron chi connectivity index (χ1n) is 8.63. The highest BCUT2D eigenvalue weighted by Gasteiger charge is 2.28. The number of rotatable bonds is 6. The van der Waals surface area contributed by atoms with Crippen LogP contribution in [0.2, 0.25) is 0 Å². The van der Waals surface area contributed by atoms with Gasteiger partial charge in [0, 0.05) is 31.4 Å². The van der Waals surface area contributed by atoms with E-state index in [0.29, 0.717) is 19.2 Å². The van der Waals surface area contributed by atoms with Gasteiger partial charge in [-0.2, -0.15) is 5.10 Å². The van der Waals surface area contributed by atoms with Crippen molar-refractivity contribution < 1.29 is 9.84 Å². The molecule has 0 amide bonds. The Morgan fingerprint density at radius 3 is 2.96 bits per heavy atom. The molecule has 130 valence electrons. The second kappa shape index (κ2) is 7.36. The fraction of sp³-hybridized carbons (Fsp3) is 0.526. The fourth-order valence-corrected chi connectivity index (χ4v) is 3.41. The zero-order chi connectivity index (χ0) is 17.1. The smallest absolute Gasteiger partial charge is 0.122 e. The summed E-state index contributed by atoms with van der Waals surface area (Å²) in [7, 11) is 1.94. The van der Waals surface area contributed by atoms with Crippen molar-refractivity contribution >= 4 is 0 Å². The number of nitrogens with zero attached hydrogens (tertiary/aromatic N) is 3. The molecule has 2 atom stereocenters. The molecular formula is C19H27N3O2. The van der Waals surface area contributed by atoms with Crippen LogP contribution in [-0.4, -0.2) is 45.6 Å². The van der Waals surface area contributed by atoms with E-state index in [-0.39, 0.29) is 0 Å². The second-order valence-electron chi connectivity index (χ2n) is 6.83. The Morgan fingerprint density at radius 1 is 1.38 bits per heavy atom. The lowest BCUT2D eigenvalue weighted by atomic mass is 10.1. The maximum atomic E-state index is 10.4. The third-order valence-corrected chi connectivity index (χ3v) is 4.69. The Bertz CT molecular complexity index is 683. The van der Waals surface area contributed by atoms with Gasteiger partial charge in [0.15, 0.2) is 0 Å². The van der Waals surface area contributed by atoms with Crippen LogP contribution in [0.3, 0.4) is 0 Å². The molecule has 2 heterocycles. The lowest BCUT2D eigenvalue weighted by Gasteiger charge is -2.26. The summed E-state index contributed by atoms with van der Waals surface area (Å²) >= 11 is 0. The van der Waals surface area contributed by atoms with Gasteiger partial charge in [0.2, 0.25) is 0 Å². The van der Waals surface area contributed by atoms with E-state index in [1.54, 1.807) is 0 Å². The van der Waals surface area contributed by atoms with Gasteiger partial charge in [-0.15, -0.1) is 0 Å². The number of hydrogen-bond donors (Lipinski definition) is 1. The van der Waals surface area contributed by atoms with Crippen LogP contribution >= 0.6 is 0 Å². The standard InChI is InChI=1S/C19H27N3O2/c1-14-6-7-15(2)19(9-14)24-13-17(23)12-22-8-4-5-18(22)16-10-20-21(3)11-16/h6-7,9-11,17-18,23H,4-5,8,12-13H2,1-3H3. The van der Waals surface area contributed by atoms with E-state index in [1.807, 2.05) is 37.8 Å². The molecule has 0 radical (unpaired) electrons. The minimum Gasteiger partial charge on any atom is -0.491 e. The summed E-state index contributed by atoms with van der Waals surface area (Å²) in [5.74, 6) is 0.860. The van der Waals surface area contributed by atoms with Crippen molar-refractivity contribution in [3.05, 3.63) is 47.3 Å². The summed E-state index contributed by atoms with van der Waals surface area (Å²) in [6, 6.07) is 6.50. The van der Waals surface area contributed by atoms with Gasteiger partial charge in [-0.25, -0.2) is 0 Å². The number of likely N-dealkylation sites (tertiary alicyclic amines) is 1. The summed E-state index contributed by atoms with van der Waals surface area (Å²) in [6.07, 6.45) is 5.78. The largest absolute Gasteiger partial charge is 0.491 e. The molecule has 0 spiro atoms. The molecule has 2 unspecified atom stereocenters. The van der Waals surface area contributed by atoms with Crippen LogP contribution in [0, 0.1) is 13.8 Å². The molecule has 3 rings (SSSR count). The predicted octanol–water partition coefficient (Wildman–Crippen LogP) is 2.61. The molecule has 1 saturated heterocycles. The third kappa shape index (κ3) is 3.97. The summed E-state index contributed by atoms with van der Waals surface area (Å²) in [5.41, 5.74) is 3.50. The summed E-state index contributed by atoms with van der Waals surface area (Å²) in [5, 5.41) is 14.7. The van der Waals surface area contributed by atoms with Gasteiger partial charge >= 0.3 is 0 Å². The maximum absolute atomic E-state index is 10.4. The number of benzene rings is 1. The monoisotopic (exact) mass is 329 g/mol. The fourth-order valence-electron chi connectivity index (χ4n) is 3.41. The summed E-state index contributed by atoms with van der Waals surface area (Å²) < 4.78 is 7.68. The average Bonchev–Trinajstić information content (AvgIpc) is 3.17. The molecule has 1 N–H and O–H groups in total. The SMILES string of the molecule is Cc1ccc(C)c(OCC(O)CN2CCCC2c2cnn(C)c2)c1. The van der Waals surface area contributed by atoms with Gasteiger partial charge < -0.3 is 9.84 Å². The Labute approximate surface area is 143 Å². The van der Waals surface area contributed by atoms with Crippen LogP contribution in [0.1, 0.15) is 35.6 Å². The van der Waals surface area contributed by atoms with Crippen molar-refractivity contribution in [3.8, 4) is 5.75 Å². The molecule has 1 aliphatic heterocycles. The molecule has 5 heteroatoms. The molecule has 1 aliphatic rings. The van der Waals surface area contributed by atoms with Crippen LogP contribution in [-0.2, 0) is 7.05 Å². The van der Waals surface area contributed by atoms with Gasteiger partial charge in [0.1, 0.15) is 18.5 Å². The summed E-state index contributed by atoms with van der Waals surface area (Å²) in [4.78, 5) is 2.34. The molecule has 1 fully saturated rings. The van der Waals surface area contributed by atoms with E-state index in [1.165, 1.54) is 11.1 Å². The van der Waals surface area contributed by atoms with Crippen LogP contribution in [0.25, 0.3) is 0 Å². The topological polar surface area (TPSA) is 50.5 Å². The van der Waals surface area contributed by atoms with Crippen LogP contribution in [0.5, 0.6) is 5.75 Å². The number of aliphatic hydroxyl groups is 1. The number of aliphatic hydroxyl groups excluding tert-OH is 1. The van der Waals surface area contributed by atoms with E-state index in [9.17, 15) is 5.11 Å². The van der Waals surface area contributed by atoms with E-state index < -0.39 is 6.10 Å². The minimum atomic E-state index is -0.498. The Morgan fingerprint density at radius 2 is 2.21 bits per heavy atom. The number of aryl methyl sites for hydroxylation is 3. The first kappa shape index (κ1) is 17.0. The van der Waals surface area contributed by atoms with Crippen molar-refractivity contribution in [1.82, 2.24) is 14.7 Å². The molecule has 24 heavy (non-hydrogen) atoms. The van der Waals surface area contributed by atoms with E-state index in [4.69, 9.17) is 4.74 Å². The lowest BCUT2D eigenvalue weighted by molar-refractivity contribution is 0.0636. The van der Waals surface area contributed by atoms with Gasteiger partial charge in [0.05, 0.1) is 6.20 Å². The Balaban J connectivity index is 1.56. The van der Waals surface area contributed by atoms with Gasteiger partial charge in [-0.05, 0) is 50.4 Å². The lowest BCUT2D eigenvalue weighted by Crippen LogP contribution is -2.35. The Kier molecular flexibility index (Phi) is 5.21. The number of ether oxygens (including phenoxy) is 1. The van der Waals surface area contributed by atoms with Crippen molar-refractivity contribution in [3.63, 3.8) is 0 Å². The number of hydrogen-bond acceptors (Lipinski definition) is 4. The first-order valence-corrected chi connectivity index (χ1v) is 8.63. The molecule has 0 aliphatic carbocycles. The van der Waals surface area contributed by atoms with Crippen molar-refractivity contribution in [2.75, 3.05) is 19.7 Å². The Hall–Kier alpha value is -1.85. The molecule has 1 aromatic carbocycles. The van der Waals surface area contributed by atoms with Gasteiger partial charge in [-0.1, -0.05) is 12.1 Å². The van der Waals surface area contributed by atoms with E-state index >= 15 is 0 Å². The minimum absolute atomic E-state index is 0.320.